The van der Waals surface area contributed by atoms with Crippen molar-refractivity contribution in [3.05, 3.63) is 29.3 Å². The van der Waals surface area contributed by atoms with E-state index in [0.717, 1.165) is 5.56 Å². The molecule has 1 aromatic carbocycles. The molecule has 0 fully saturated rings. The van der Waals surface area contributed by atoms with Gasteiger partial charge < -0.3 is 19.3 Å². The van der Waals surface area contributed by atoms with Crippen LogP contribution in [0, 0.1) is 0 Å². The highest BCUT2D eigenvalue weighted by molar-refractivity contribution is 5.77. The van der Waals surface area contributed by atoms with Gasteiger partial charge in [0.15, 0.2) is 6.10 Å². The number of hydrogen-bond acceptors (Lipinski definition) is 5. The lowest BCUT2D eigenvalue weighted by Gasteiger charge is -2.15. The average Bonchev–Trinajstić information content (AvgIpc) is 2.38. The van der Waals surface area contributed by atoms with Crippen LogP contribution in [0.15, 0.2) is 18.2 Å². The second-order valence-electron chi connectivity index (χ2n) is 3.66. The minimum Gasteiger partial charge on any atom is -0.496 e. The summed E-state index contributed by atoms with van der Waals surface area (Å²) < 4.78 is 14.9. The quantitative estimate of drug-likeness (QED) is 0.778. The minimum atomic E-state index is -1.35. The fourth-order valence-corrected chi connectivity index (χ4v) is 1.60. The van der Waals surface area contributed by atoms with E-state index in [4.69, 9.17) is 14.2 Å². The molecule has 100 valence electrons. The Kier molecular flexibility index (Phi) is 5.61. The van der Waals surface area contributed by atoms with Gasteiger partial charge in [-0.2, -0.15) is 0 Å². The molecule has 0 heterocycles. The predicted octanol–water partition coefficient (Wildman–Crippen LogP) is 1.44. The van der Waals surface area contributed by atoms with E-state index in [9.17, 15) is 9.90 Å². The Labute approximate surface area is 106 Å². The van der Waals surface area contributed by atoms with Gasteiger partial charge in [-0.3, -0.25) is 0 Å². The Hall–Kier alpha value is -1.59. The van der Waals surface area contributed by atoms with Crippen molar-refractivity contribution in [3.63, 3.8) is 0 Å². The average molecular weight is 254 g/mol. The maximum Gasteiger partial charge on any atom is 0.339 e. The molecule has 5 heteroatoms. The molecule has 0 aromatic heterocycles. The molecule has 1 rings (SSSR count). The standard InChI is InChI=1S/C13H18O5/c1-4-18-13(15)12(14)10-7-9(8-16-2)5-6-11(10)17-3/h5-7,12,14H,4,8H2,1-3H3. The molecule has 1 atom stereocenters. The minimum absolute atomic E-state index is 0.218. The maximum atomic E-state index is 11.5. The Balaban J connectivity index is 3.02. The second-order valence-corrected chi connectivity index (χ2v) is 3.66. The van der Waals surface area contributed by atoms with E-state index in [1.165, 1.54) is 7.11 Å². The Morgan fingerprint density at radius 2 is 2.11 bits per heavy atom. The van der Waals surface area contributed by atoms with E-state index in [0.29, 0.717) is 17.9 Å². The van der Waals surface area contributed by atoms with Gasteiger partial charge in [0.25, 0.3) is 0 Å². The molecule has 1 unspecified atom stereocenters. The number of carbonyl (C=O) groups is 1. The Morgan fingerprint density at radius 3 is 2.67 bits per heavy atom. The zero-order valence-corrected chi connectivity index (χ0v) is 10.8. The zero-order valence-electron chi connectivity index (χ0n) is 10.8. The normalized spacial score (nSPS) is 12.0. The monoisotopic (exact) mass is 254 g/mol. The van der Waals surface area contributed by atoms with Crippen LogP contribution in [0.3, 0.4) is 0 Å². The third kappa shape index (κ3) is 3.45. The van der Waals surface area contributed by atoms with Crippen LogP contribution in [0.4, 0.5) is 0 Å². The number of rotatable bonds is 6. The van der Waals surface area contributed by atoms with Crippen molar-refractivity contribution in [1.29, 1.82) is 0 Å². The van der Waals surface area contributed by atoms with Crippen molar-refractivity contribution in [3.8, 4) is 5.75 Å². The number of esters is 1. The van der Waals surface area contributed by atoms with Crippen molar-refractivity contribution in [2.24, 2.45) is 0 Å². The number of methoxy groups -OCH3 is 2. The van der Waals surface area contributed by atoms with Crippen LogP contribution in [0.2, 0.25) is 0 Å². The van der Waals surface area contributed by atoms with Crippen LogP contribution < -0.4 is 4.74 Å². The molecule has 1 N–H and O–H groups in total. The van der Waals surface area contributed by atoms with Crippen molar-refractivity contribution < 1.29 is 24.1 Å². The van der Waals surface area contributed by atoms with E-state index in [2.05, 4.69) is 0 Å². The molecule has 0 radical (unpaired) electrons. The lowest BCUT2D eigenvalue weighted by molar-refractivity contribution is -0.153. The first kappa shape index (κ1) is 14.5. The van der Waals surface area contributed by atoms with E-state index in [1.807, 2.05) is 6.07 Å². The molecule has 0 amide bonds. The number of aliphatic hydroxyl groups is 1. The van der Waals surface area contributed by atoms with Gasteiger partial charge in [0.2, 0.25) is 0 Å². The van der Waals surface area contributed by atoms with Gasteiger partial charge in [-0.1, -0.05) is 6.07 Å². The lowest BCUT2D eigenvalue weighted by atomic mass is 10.0. The molecule has 1 aromatic rings. The molecule has 18 heavy (non-hydrogen) atoms. The summed E-state index contributed by atoms with van der Waals surface area (Å²) >= 11 is 0. The molecule has 0 aliphatic carbocycles. The largest absolute Gasteiger partial charge is 0.496 e. The third-order valence-corrected chi connectivity index (χ3v) is 2.41. The molecule has 0 saturated carbocycles. The molecule has 0 spiro atoms. The number of carbonyl (C=O) groups excluding carboxylic acids is 1. The maximum absolute atomic E-state index is 11.5. The summed E-state index contributed by atoms with van der Waals surface area (Å²) in [6, 6.07) is 5.17. The summed E-state index contributed by atoms with van der Waals surface area (Å²) in [5.41, 5.74) is 1.22. The van der Waals surface area contributed by atoms with E-state index in [-0.39, 0.29) is 6.61 Å². The highest BCUT2D eigenvalue weighted by Gasteiger charge is 2.22. The van der Waals surface area contributed by atoms with E-state index < -0.39 is 12.1 Å². The van der Waals surface area contributed by atoms with Gasteiger partial charge in [-0.05, 0) is 24.6 Å². The second kappa shape index (κ2) is 6.98. The number of ether oxygens (including phenoxy) is 3. The van der Waals surface area contributed by atoms with Crippen LogP contribution in [-0.2, 0) is 20.9 Å². The van der Waals surface area contributed by atoms with Crippen LogP contribution in [0.5, 0.6) is 5.75 Å². The molecule has 0 aliphatic rings. The summed E-state index contributed by atoms with van der Waals surface area (Å²) in [4.78, 5) is 11.5. The number of benzene rings is 1. The summed E-state index contributed by atoms with van der Waals surface area (Å²) in [6.45, 7) is 2.30. The number of hydrogen-bond donors (Lipinski definition) is 1. The Bertz CT molecular complexity index is 402. The molecule has 0 bridgehead atoms. The first-order chi connectivity index (χ1) is 8.63. The van der Waals surface area contributed by atoms with Gasteiger partial charge in [-0.15, -0.1) is 0 Å². The van der Waals surface area contributed by atoms with Crippen LogP contribution in [-0.4, -0.2) is 31.9 Å². The lowest BCUT2D eigenvalue weighted by Crippen LogP contribution is -2.16. The van der Waals surface area contributed by atoms with Crippen molar-refractivity contribution in [2.75, 3.05) is 20.8 Å². The van der Waals surface area contributed by atoms with Crippen molar-refractivity contribution in [2.45, 2.75) is 19.6 Å². The SMILES string of the molecule is CCOC(=O)C(O)c1cc(COC)ccc1OC. The molecule has 0 aliphatic heterocycles. The summed E-state index contributed by atoms with van der Waals surface area (Å²) in [6.07, 6.45) is -1.35. The summed E-state index contributed by atoms with van der Waals surface area (Å²) in [7, 11) is 3.05. The third-order valence-electron chi connectivity index (χ3n) is 2.41. The van der Waals surface area contributed by atoms with Crippen LogP contribution in [0.25, 0.3) is 0 Å². The highest BCUT2D eigenvalue weighted by atomic mass is 16.5. The predicted molar refractivity (Wildman–Crippen MR) is 65.3 cm³/mol. The van der Waals surface area contributed by atoms with Gasteiger partial charge in [0, 0.05) is 12.7 Å². The van der Waals surface area contributed by atoms with Gasteiger partial charge in [0.05, 0.1) is 20.3 Å². The van der Waals surface area contributed by atoms with E-state index >= 15 is 0 Å². The first-order valence-electron chi connectivity index (χ1n) is 5.64. The fourth-order valence-electron chi connectivity index (χ4n) is 1.60. The Morgan fingerprint density at radius 1 is 1.39 bits per heavy atom. The van der Waals surface area contributed by atoms with Gasteiger partial charge >= 0.3 is 5.97 Å². The first-order valence-corrected chi connectivity index (χ1v) is 5.64. The number of aliphatic hydroxyl groups excluding tert-OH is 1. The van der Waals surface area contributed by atoms with Crippen LogP contribution in [0.1, 0.15) is 24.2 Å². The topological polar surface area (TPSA) is 65.0 Å². The smallest absolute Gasteiger partial charge is 0.339 e. The zero-order chi connectivity index (χ0) is 13.5. The molecular formula is C13H18O5. The molecule has 5 nitrogen and oxygen atoms in total. The summed E-state index contributed by atoms with van der Waals surface area (Å²) in [5, 5.41) is 9.93. The van der Waals surface area contributed by atoms with Crippen molar-refractivity contribution in [1.82, 2.24) is 0 Å². The van der Waals surface area contributed by atoms with Crippen molar-refractivity contribution >= 4 is 5.97 Å². The fraction of sp³-hybridized carbons (Fsp3) is 0.462. The van der Waals surface area contributed by atoms with Gasteiger partial charge in [-0.25, -0.2) is 4.79 Å². The van der Waals surface area contributed by atoms with Crippen LogP contribution >= 0.6 is 0 Å². The molecular weight excluding hydrogens is 236 g/mol. The van der Waals surface area contributed by atoms with E-state index in [1.54, 1.807) is 26.2 Å². The van der Waals surface area contributed by atoms with Gasteiger partial charge in [0.1, 0.15) is 5.75 Å². The summed E-state index contributed by atoms with van der Waals surface area (Å²) in [5.74, 6) is -0.249. The molecule has 0 saturated heterocycles. The highest BCUT2D eigenvalue weighted by Crippen LogP contribution is 2.27.